The number of amides is 5. The molecule has 13 nitrogen and oxygen atoms in total. The monoisotopic (exact) mass is 761 g/mol. The van der Waals surface area contributed by atoms with Crippen LogP contribution < -0.4 is 16.0 Å². The number of nitrogens with zero attached hydrogens (tertiary/aromatic N) is 3. The summed E-state index contributed by atoms with van der Waals surface area (Å²) in [5.74, 6) is -1.89. The number of carbonyl (C=O) groups excluding carboxylic acids is 5. The normalized spacial score (nSPS) is 18.0. The predicted octanol–water partition coefficient (Wildman–Crippen LogP) is 3.50. The van der Waals surface area contributed by atoms with Gasteiger partial charge in [-0.25, -0.2) is 0 Å². The van der Waals surface area contributed by atoms with Crippen LogP contribution in [0.15, 0.2) is 30.3 Å². The standard InChI is InChI=1S/C38H64N6O7.C3H8/c1-12-25(4)34(43(9)32(46)23-40-38(49)33(24(2)3)42(7)8)30(50-10)22-31(45)44-20-16-19-29(44)35(51-11)26(5)36(47)41-28(37(48)39-6)21-27-17-14-13-15-18-27;1-3-2/h13-15,17-18,24-26,28-30,33-35H,12,16,19-23H2,1-11H3,(H,39,48)(H,40,49)(H,41,47);3H2,1-2H3. The van der Waals surface area contributed by atoms with Crippen LogP contribution in [0.25, 0.3) is 0 Å². The fraction of sp³-hybridized carbons (Fsp3) is 0.732. The zero-order valence-electron chi connectivity index (χ0n) is 35.4. The van der Waals surface area contributed by atoms with E-state index in [0.29, 0.717) is 19.4 Å². The van der Waals surface area contributed by atoms with Crippen molar-refractivity contribution in [3.8, 4) is 0 Å². The van der Waals surface area contributed by atoms with E-state index in [9.17, 15) is 24.0 Å². The minimum absolute atomic E-state index is 0.00782. The SMILES string of the molecule is CCC.CCC(C)C(C(CC(=O)N1CCCC1C(OC)C(C)C(=O)NC(Cc1ccccc1)C(=O)NC)OC)N(C)C(=O)CNC(=O)C(C(C)C)N(C)C. The number of ether oxygens (including phenoxy) is 2. The third-order valence-electron chi connectivity index (χ3n) is 10.3. The van der Waals surface area contributed by atoms with Crippen LogP contribution in [0.5, 0.6) is 0 Å². The average Bonchev–Trinajstić information content (AvgIpc) is 3.63. The second-order valence-corrected chi connectivity index (χ2v) is 15.1. The molecule has 0 aliphatic carbocycles. The highest BCUT2D eigenvalue weighted by Gasteiger charge is 2.42. The van der Waals surface area contributed by atoms with Gasteiger partial charge in [-0.3, -0.25) is 28.9 Å². The Morgan fingerprint density at radius 1 is 0.907 bits per heavy atom. The molecule has 1 fully saturated rings. The van der Waals surface area contributed by atoms with E-state index >= 15 is 0 Å². The summed E-state index contributed by atoms with van der Waals surface area (Å²) in [5, 5.41) is 8.35. The number of hydrogen-bond acceptors (Lipinski definition) is 8. The predicted molar refractivity (Wildman–Crippen MR) is 214 cm³/mol. The van der Waals surface area contributed by atoms with Crippen LogP contribution in [0.2, 0.25) is 0 Å². The van der Waals surface area contributed by atoms with Gasteiger partial charge in [-0.05, 0) is 44.3 Å². The maximum absolute atomic E-state index is 14.0. The molecule has 0 aromatic heterocycles. The van der Waals surface area contributed by atoms with Gasteiger partial charge in [-0.1, -0.05) is 91.6 Å². The summed E-state index contributed by atoms with van der Waals surface area (Å²) in [4.78, 5) is 72.0. The van der Waals surface area contributed by atoms with Gasteiger partial charge in [0.1, 0.15) is 6.04 Å². The smallest absolute Gasteiger partial charge is 0.242 e. The number of likely N-dealkylation sites (N-methyl/N-ethyl adjacent to an activating group) is 3. The first-order valence-corrected chi connectivity index (χ1v) is 19.6. The molecule has 308 valence electrons. The first-order chi connectivity index (χ1) is 25.5. The lowest BCUT2D eigenvalue weighted by atomic mass is 9.90. The summed E-state index contributed by atoms with van der Waals surface area (Å²) in [7, 11) is 9.98. The summed E-state index contributed by atoms with van der Waals surface area (Å²) in [5.41, 5.74) is 0.916. The quantitative estimate of drug-likeness (QED) is 0.183. The Morgan fingerprint density at radius 3 is 2.02 bits per heavy atom. The fourth-order valence-electron chi connectivity index (χ4n) is 7.39. The van der Waals surface area contributed by atoms with Gasteiger partial charge in [0.2, 0.25) is 29.5 Å². The zero-order valence-corrected chi connectivity index (χ0v) is 35.4. The Morgan fingerprint density at radius 2 is 1.52 bits per heavy atom. The first-order valence-electron chi connectivity index (χ1n) is 19.6. The van der Waals surface area contributed by atoms with Gasteiger partial charge < -0.3 is 35.2 Å². The topological polar surface area (TPSA) is 150 Å². The summed E-state index contributed by atoms with van der Waals surface area (Å²) in [6.07, 6.45) is 2.51. The number of methoxy groups -OCH3 is 2. The summed E-state index contributed by atoms with van der Waals surface area (Å²) in [6.45, 7) is 14.3. The third kappa shape index (κ3) is 14.3. The average molecular weight is 761 g/mol. The Kier molecular flexibility index (Phi) is 22.2. The van der Waals surface area contributed by atoms with Crippen LogP contribution in [0, 0.1) is 17.8 Å². The fourth-order valence-corrected chi connectivity index (χ4v) is 7.39. The molecule has 8 atom stereocenters. The van der Waals surface area contributed by atoms with E-state index in [1.165, 1.54) is 20.6 Å². The van der Waals surface area contributed by atoms with Gasteiger partial charge in [0.05, 0.1) is 49.2 Å². The van der Waals surface area contributed by atoms with E-state index in [4.69, 9.17) is 9.47 Å². The van der Waals surface area contributed by atoms with Gasteiger partial charge in [-0.2, -0.15) is 0 Å². The molecule has 1 aromatic carbocycles. The lowest BCUT2D eigenvalue weighted by molar-refractivity contribution is -0.146. The molecule has 54 heavy (non-hydrogen) atoms. The third-order valence-corrected chi connectivity index (χ3v) is 10.3. The Hall–Kier alpha value is -3.55. The molecule has 0 bridgehead atoms. The highest BCUT2D eigenvalue weighted by molar-refractivity contribution is 5.89. The van der Waals surface area contributed by atoms with Crippen molar-refractivity contribution >= 4 is 29.5 Å². The summed E-state index contributed by atoms with van der Waals surface area (Å²) < 4.78 is 11.8. The molecule has 1 aliphatic heterocycles. The maximum atomic E-state index is 14.0. The van der Waals surface area contributed by atoms with E-state index in [0.717, 1.165) is 18.4 Å². The molecule has 13 heteroatoms. The van der Waals surface area contributed by atoms with Crippen LogP contribution in [0.1, 0.15) is 86.1 Å². The molecule has 1 aliphatic rings. The van der Waals surface area contributed by atoms with Crippen molar-refractivity contribution in [3.05, 3.63) is 35.9 Å². The summed E-state index contributed by atoms with van der Waals surface area (Å²) >= 11 is 0. The van der Waals surface area contributed by atoms with Crippen molar-refractivity contribution in [2.45, 2.75) is 123 Å². The molecule has 3 N–H and O–H groups in total. The molecular formula is C41H72N6O7. The molecule has 0 saturated carbocycles. The number of hydrogen-bond donors (Lipinski definition) is 3. The molecule has 0 spiro atoms. The highest BCUT2D eigenvalue weighted by Crippen LogP contribution is 2.29. The minimum atomic E-state index is -0.774. The first kappa shape index (κ1) is 48.5. The van der Waals surface area contributed by atoms with Crippen molar-refractivity contribution in [2.75, 3.05) is 55.5 Å². The van der Waals surface area contributed by atoms with Gasteiger partial charge in [0.25, 0.3) is 0 Å². The minimum Gasteiger partial charge on any atom is -0.379 e. The molecule has 1 saturated heterocycles. The van der Waals surface area contributed by atoms with Crippen LogP contribution >= 0.6 is 0 Å². The van der Waals surface area contributed by atoms with Crippen LogP contribution in [-0.2, 0) is 39.9 Å². The molecule has 2 rings (SSSR count). The second-order valence-electron chi connectivity index (χ2n) is 15.1. The number of carbonyl (C=O) groups is 5. The Balaban J connectivity index is 0.00000469. The maximum Gasteiger partial charge on any atom is 0.242 e. The van der Waals surface area contributed by atoms with Crippen molar-refractivity contribution in [1.82, 2.24) is 30.7 Å². The zero-order chi connectivity index (χ0) is 41.1. The van der Waals surface area contributed by atoms with Gasteiger partial charge in [-0.15, -0.1) is 0 Å². The number of nitrogens with one attached hydrogen (secondary N) is 3. The van der Waals surface area contributed by atoms with Crippen LogP contribution in [0.4, 0.5) is 0 Å². The second kappa shape index (κ2) is 24.8. The number of likely N-dealkylation sites (tertiary alicyclic amines) is 1. The van der Waals surface area contributed by atoms with Gasteiger partial charge in [0.15, 0.2) is 0 Å². The van der Waals surface area contributed by atoms with Crippen molar-refractivity contribution in [2.24, 2.45) is 17.8 Å². The van der Waals surface area contributed by atoms with Crippen molar-refractivity contribution in [3.63, 3.8) is 0 Å². The molecule has 1 heterocycles. The number of benzene rings is 1. The van der Waals surface area contributed by atoms with E-state index in [1.807, 2.05) is 77.0 Å². The lowest BCUT2D eigenvalue weighted by Crippen LogP contribution is -2.55. The van der Waals surface area contributed by atoms with E-state index < -0.39 is 30.2 Å². The van der Waals surface area contributed by atoms with Crippen molar-refractivity contribution in [1.29, 1.82) is 0 Å². The molecule has 8 unspecified atom stereocenters. The van der Waals surface area contributed by atoms with Crippen LogP contribution in [0.3, 0.4) is 0 Å². The van der Waals surface area contributed by atoms with Gasteiger partial charge >= 0.3 is 0 Å². The van der Waals surface area contributed by atoms with Crippen LogP contribution in [-0.4, -0.2) is 136 Å². The summed E-state index contributed by atoms with van der Waals surface area (Å²) in [6, 6.07) is 7.54. The molecule has 1 aromatic rings. The molecule has 0 radical (unpaired) electrons. The Bertz CT molecular complexity index is 1290. The molecular weight excluding hydrogens is 688 g/mol. The van der Waals surface area contributed by atoms with E-state index in [-0.39, 0.29) is 66.4 Å². The lowest BCUT2D eigenvalue weighted by Gasteiger charge is -2.39. The van der Waals surface area contributed by atoms with E-state index in [1.54, 1.807) is 30.9 Å². The van der Waals surface area contributed by atoms with E-state index in [2.05, 4.69) is 29.8 Å². The van der Waals surface area contributed by atoms with Gasteiger partial charge in [0, 0.05) is 41.3 Å². The number of rotatable bonds is 20. The largest absolute Gasteiger partial charge is 0.379 e. The highest BCUT2D eigenvalue weighted by atomic mass is 16.5. The Labute approximate surface area is 325 Å². The van der Waals surface area contributed by atoms with Crippen molar-refractivity contribution < 1.29 is 33.4 Å². The molecule has 5 amide bonds.